The summed E-state index contributed by atoms with van der Waals surface area (Å²) < 4.78 is 5.09. The van der Waals surface area contributed by atoms with Crippen LogP contribution < -0.4 is 5.32 Å². The van der Waals surface area contributed by atoms with Crippen molar-refractivity contribution in [3.63, 3.8) is 0 Å². The average Bonchev–Trinajstić information content (AvgIpc) is 2.79. The monoisotopic (exact) mass is 317 g/mol. The van der Waals surface area contributed by atoms with Crippen LogP contribution in [0.3, 0.4) is 0 Å². The van der Waals surface area contributed by atoms with Crippen molar-refractivity contribution in [2.75, 3.05) is 11.9 Å². The lowest BCUT2D eigenvalue weighted by Crippen LogP contribution is -2.27. The van der Waals surface area contributed by atoms with E-state index in [2.05, 4.69) is 5.32 Å². The van der Waals surface area contributed by atoms with Gasteiger partial charge in [0.05, 0.1) is 17.9 Å². The predicted octanol–water partition coefficient (Wildman–Crippen LogP) is 3.26. The fourth-order valence-corrected chi connectivity index (χ4v) is 2.65. The molecule has 2 rings (SSSR count). The molecule has 2 N–H and O–H groups in total. The zero-order valence-corrected chi connectivity index (χ0v) is 14.0. The number of ether oxygens (including phenoxy) is 1. The molecule has 1 aromatic rings. The van der Waals surface area contributed by atoms with Crippen molar-refractivity contribution in [1.82, 2.24) is 0 Å². The smallest absolute Gasteiger partial charge is 0.336 e. The van der Waals surface area contributed by atoms with Crippen LogP contribution in [-0.2, 0) is 14.3 Å². The highest BCUT2D eigenvalue weighted by Crippen LogP contribution is 2.40. The standard InChI is InChI=1S/C18H23NO4/c1-5-23-17(22)13-10-14(18(2,3)4)16(21)15(13)19-11-6-8-12(20)9-7-11/h6-9,14,19-20H,5,10H2,1-4H3. The Morgan fingerprint density at radius 3 is 2.43 bits per heavy atom. The molecular formula is C18H23NO4. The number of allylic oxidation sites excluding steroid dienone is 1. The van der Waals surface area contributed by atoms with Crippen LogP contribution in [0.5, 0.6) is 5.75 Å². The zero-order valence-electron chi connectivity index (χ0n) is 14.0. The van der Waals surface area contributed by atoms with Gasteiger partial charge in [0.2, 0.25) is 0 Å². The summed E-state index contributed by atoms with van der Waals surface area (Å²) in [6.07, 6.45) is 0.377. The molecule has 0 bridgehead atoms. The van der Waals surface area contributed by atoms with E-state index in [4.69, 9.17) is 4.74 Å². The van der Waals surface area contributed by atoms with Gasteiger partial charge in [0, 0.05) is 11.6 Å². The quantitative estimate of drug-likeness (QED) is 0.658. The van der Waals surface area contributed by atoms with Gasteiger partial charge in [-0.05, 0) is 43.0 Å². The largest absolute Gasteiger partial charge is 0.508 e. The second-order valence-electron chi connectivity index (χ2n) is 6.73. The Balaban J connectivity index is 2.35. The minimum atomic E-state index is -0.450. The number of nitrogens with one attached hydrogen (secondary N) is 1. The number of phenols is 1. The highest BCUT2D eigenvalue weighted by molar-refractivity contribution is 6.10. The van der Waals surface area contributed by atoms with Gasteiger partial charge >= 0.3 is 5.97 Å². The van der Waals surface area contributed by atoms with Crippen molar-refractivity contribution in [2.24, 2.45) is 11.3 Å². The van der Waals surface area contributed by atoms with Gasteiger partial charge < -0.3 is 15.2 Å². The van der Waals surface area contributed by atoms with E-state index in [-0.39, 0.29) is 29.5 Å². The van der Waals surface area contributed by atoms with Gasteiger partial charge in [0.15, 0.2) is 5.78 Å². The van der Waals surface area contributed by atoms with E-state index in [1.54, 1.807) is 19.1 Å². The first kappa shape index (κ1) is 17.1. The average molecular weight is 317 g/mol. The van der Waals surface area contributed by atoms with Crippen molar-refractivity contribution in [3.05, 3.63) is 35.5 Å². The predicted molar refractivity (Wildman–Crippen MR) is 88.0 cm³/mol. The molecule has 1 unspecified atom stereocenters. The third kappa shape index (κ3) is 3.73. The van der Waals surface area contributed by atoms with Crippen molar-refractivity contribution in [2.45, 2.75) is 34.1 Å². The summed E-state index contributed by atoms with van der Waals surface area (Å²) in [6.45, 7) is 7.97. The van der Waals surface area contributed by atoms with E-state index < -0.39 is 5.97 Å². The fourth-order valence-electron chi connectivity index (χ4n) is 2.65. The molecule has 0 amide bonds. The van der Waals surface area contributed by atoms with Gasteiger partial charge in [0.1, 0.15) is 5.75 Å². The number of benzene rings is 1. The molecular weight excluding hydrogens is 294 g/mol. The van der Waals surface area contributed by atoms with E-state index in [0.29, 0.717) is 23.4 Å². The maximum Gasteiger partial charge on any atom is 0.336 e. The number of aromatic hydroxyl groups is 1. The number of hydrogen-bond donors (Lipinski definition) is 2. The molecule has 0 saturated carbocycles. The summed E-state index contributed by atoms with van der Waals surface area (Å²) in [5, 5.41) is 12.4. The van der Waals surface area contributed by atoms with Gasteiger partial charge in [-0.25, -0.2) is 4.79 Å². The number of hydrogen-bond acceptors (Lipinski definition) is 5. The van der Waals surface area contributed by atoms with Gasteiger partial charge in [-0.1, -0.05) is 20.8 Å². The van der Waals surface area contributed by atoms with Crippen LogP contribution in [0, 0.1) is 11.3 Å². The first-order valence-corrected chi connectivity index (χ1v) is 7.74. The topological polar surface area (TPSA) is 75.6 Å². The zero-order chi connectivity index (χ0) is 17.2. The summed E-state index contributed by atoms with van der Waals surface area (Å²) >= 11 is 0. The molecule has 124 valence electrons. The van der Waals surface area contributed by atoms with E-state index in [0.717, 1.165) is 0 Å². The van der Waals surface area contributed by atoms with Crippen molar-refractivity contribution >= 4 is 17.4 Å². The van der Waals surface area contributed by atoms with Gasteiger partial charge in [-0.3, -0.25) is 4.79 Å². The third-order valence-corrected chi connectivity index (χ3v) is 3.98. The number of phenolic OH excluding ortho intramolecular Hbond substituents is 1. The Labute approximate surface area is 136 Å². The van der Waals surface area contributed by atoms with Crippen molar-refractivity contribution < 1.29 is 19.4 Å². The molecule has 0 spiro atoms. The van der Waals surface area contributed by atoms with Crippen LogP contribution in [0.4, 0.5) is 5.69 Å². The molecule has 0 aliphatic heterocycles. The molecule has 0 saturated heterocycles. The molecule has 0 fully saturated rings. The first-order chi connectivity index (χ1) is 10.7. The Morgan fingerprint density at radius 1 is 1.30 bits per heavy atom. The lowest BCUT2D eigenvalue weighted by molar-refractivity contribution is -0.138. The lowest BCUT2D eigenvalue weighted by atomic mass is 9.78. The highest BCUT2D eigenvalue weighted by atomic mass is 16.5. The summed E-state index contributed by atoms with van der Waals surface area (Å²) in [6, 6.07) is 6.35. The van der Waals surface area contributed by atoms with Crippen LogP contribution in [0.15, 0.2) is 35.5 Å². The summed E-state index contributed by atoms with van der Waals surface area (Å²) in [4.78, 5) is 25.0. The van der Waals surface area contributed by atoms with E-state index >= 15 is 0 Å². The number of carbonyl (C=O) groups is 2. The van der Waals surface area contributed by atoms with E-state index in [9.17, 15) is 14.7 Å². The van der Waals surface area contributed by atoms with E-state index in [1.165, 1.54) is 12.1 Å². The fraction of sp³-hybridized carbons (Fsp3) is 0.444. The van der Waals surface area contributed by atoms with Crippen molar-refractivity contribution in [3.8, 4) is 5.75 Å². The lowest BCUT2D eigenvalue weighted by Gasteiger charge is -2.25. The number of rotatable bonds is 4. The van der Waals surface area contributed by atoms with Gasteiger partial charge in [-0.2, -0.15) is 0 Å². The minimum absolute atomic E-state index is 0.0753. The molecule has 5 heteroatoms. The SMILES string of the molecule is CCOC(=O)C1=C(Nc2ccc(O)cc2)C(=O)C(C(C)(C)C)C1. The number of anilines is 1. The normalized spacial score (nSPS) is 18.3. The Kier molecular flexibility index (Phi) is 4.78. The second-order valence-corrected chi connectivity index (χ2v) is 6.73. The molecule has 0 radical (unpaired) electrons. The van der Waals surface area contributed by atoms with Gasteiger partial charge in [0.25, 0.3) is 0 Å². The summed E-state index contributed by atoms with van der Waals surface area (Å²) in [5.41, 5.74) is 1.09. The van der Waals surface area contributed by atoms with Crippen molar-refractivity contribution in [1.29, 1.82) is 0 Å². The Bertz CT molecular complexity index is 638. The maximum atomic E-state index is 12.8. The molecule has 1 aliphatic rings. The second kappa shape index (κ2) is 6.44. The third-order valence-electron chi connectivity index (χ3n) is 3.98. The molecule has 0 heterocycles. The molecule has 1 aromatic carbocycles. The number of carbonyl (C=O) groups excluding carboxylic acids is 2. The van der Waals surface area contributed by atoms with Gasteiger partial charge in [-0.15, -0.1) is 0 Å². The molecule has 1 aliphatic carbocycles. The molecule has 1 atom stereocenters. The highest BCUT2D eigenvalue weighted by Gasteiger charge is 2.42. The summed E-state index contributed by atoms with van der Waals surface area (Å²) in [7, 11) is 0. The number of esters is 1. The molecule has 0 aromatic heterocycles. The van der Waals surface area contributed by atoms with Crippen LogP contribution in [-0.4, -0.2) is 23.5 Å². The van der Waals surface area contributed by atoms with Crippen LogP contribution in [0.2, 0.25) is 0 Å². The van der Waals surface area contributed by atoms with E-state index in [1.807, 2.05) is 20.8 Å². The number of Topliss-reactive ketones (excluding diaryl/α,β-unsaturated/α-hetero) is 1. The van der Waals surface area contributed by atoms with Crippen LogP contribution in [0.1, 0.15) is 34.1 Å². The number of ketones is 1. The maximum absolute atomic E-state index is 12.8. The summed E-state index contributed by atoms with van der Waals surface area (Å²) in [5.74, 6) is -0.649. The van der Waals surface area contributed by atoms with Crippen LogP contribution in [0.25, 0.3) is 0 Å². The molecule has 5 nitrogen and oxygen atoms in total. The van der Waals surface area contributed by atoms with Crippen LogP contribution >= 0.6 is 0 Å². The minimum Gasteiger partial charge on any atom is -0.508 e. The molecule has 23 heavy (non-hydrogen) atoms. The first-order valence-electron chi connectivity index (χ1n) is 7.74. The Hall–Kier alpha value is -2.30. The Morgan fingerprint density at radius 2 is 1.91 bits per heavy atom.